The monoisotopic (exact) mass is 718 g/mol. The zero-order valence-electron chi connectivity index (χ0n) is 30.0. The molecule has 4 atom stereocenters. The molecular formula is C41H46N6O6. The first-order chi connectivity index (χ1) is 25.5. The SMILES string of the molecule is CC(=O)c1ccc2[nH]c(C(=O)N[C@H]3CCN(C)C[C@H]4CC[C@@H](C(=O)N[C@@H](CCC(N)=O)C(=O)CC(c5ccccc5)c5ccccc5)N4C3=O)cc2c1. The Balaban J connectivity index is 1.20. The predicted molar refractivity (Wildman–Crippen MR) is 200 cm³/mol. The lowest BCUT2D eigenvalue weighted by Gasteiger charge is -2.38. The number of amides is 4. The molecule has 5 N–H and O–H groups in total. The summed E-state index contributed by atoms with van der Waals surface area (Å²) in [6.07, 6.45) is 1.28. The molecule has 12 nitrogen and oxygen atoms in total. The van der Waals surface area contributed by atoms with Gasteiger partial charge in [-0.05, 0) is 75.0 Å². The van der Waals surface area contributed by atoms with Gasteiger partial charge in [0.25, 0.3) is 5.91 Å². The van der Waals surface area contributed by atoms with E-state index in [0.717, 1.165) is 11.1 Å². The average molecular weight is 719 g/mol. The van der Waals surface area contributed by atoms with Crippen molar-refractivity contribution in [3.05, 3.63) is 107 Å². The molecule has 2 aliphatic rings. The van der Waals surface area contributed by atoms with E-state index in [-0.39, 0.29) is 54.4 Å². The number of nitrogens with two attached hydrogens (primary N) is 1. The maximum absolute atomic E-state index is 14.3. The molecule has 0 radical (unpaired) electrons. The number of nitrogens with one attached hydrogen (secondary N) is 3. The number of Topliss-reactive ketones (excluding diaryl/α,β-unsaturated/α-hetero) is 2. The summed E-state index contributed by atoms with van der Waals surface area (Å²) in [5, 5.41) is 6.50. The van der Waals surface area contributed by atoms with Crippen LogP contribution in [0.25, 0.3) is 10.9 Å². The van der Waals surface area contributed by atoms with Crippen molar-refractivity contribution in [3.8, 4) is 0 Å². The van der Waals surface area contributed by atoms with E-state index in [2.05, 4.69) is 20.5 Å². The lowest BCUT2D eigenvalue weighted by molar-refractivity contribution is -0.143. The summed E-state index contributed by atoms with van der Waals surface area (Å²) in [5.74, 6) is -2.53. The normalized spacial score (nSPS) is 19.6. The second-order valence-corrected chi connectivity index (χ2v) is 14.2. The van der Waals surface area contributed by atoms with Gasteiger partial charge < -0.3 is 31.2 Å². The third kappa shape index (κ3) is 8.72. The first kappa shape index (κ1) is 37.1. The number of benzene rings is 3. The third-order valence-corrected chi connectivity index (χ3v) is 10.5. The van der Waals surface area contributed by atoms with Gasteiger partial charge in [-0.15, -0.1) is 0 Å². The fourth-order valence-corrected chi connectivity index (χ4v) is 7.61. The number of fused-ring (bicyclic) bond motifs is 2. The van der Waals surface area contributed by atoms with Crippen molar-refractivity contribution >= 4 is 46.1 Å². The van der Waals surface area contributed by atoms with Crippen LogP contribution >= 0.6 is 0 Å². The van der Waals surface area contributed by atoms with Crippen LogP contribution in [-0.2, 0) is 19.2 Å². The van der Waals surface area contributed by atoms with Crippen LogP contribution in [0.2, 0.25) is 0 Å². The minimum atomic E-state index is -1.00. The molecule has 3 heterocycles. The molecular weight excluding hydrogens is 672 g/mol. The van der Waals surface area contributed by atoms with Crippen molar-refractivity contribution in [3.63, 3.8) is 0 Å². The number of likely N-dealkylation sites (N-methyl/N-ethyl adjacent to an activating group) is 1. The maximum atomic E-state index is 14.3. The van der Waals surface area contributed by atoms with Crippen molar-refractivity contribution in [2.75, 3.05) is 20.1 Å². The fourth-order valence-electron chi connectivity index (χ4n) is 7.61. The highest BCUT2D eigenvalue weighted by Crippen LogP contribution is 2.31. The van der Waals surface area contributed by atoms with Gasteiger partial charge >= 0.3 is 0 Å². The quantitative estimate of drug-likeness (QED) is 0.153. The largest absolute Gasteiger partial charge is 0.370 e. The number of aromatic nitrogens is 1. The number of nitrogens with zero attached hydrogens (tertiary/aromatic N) is 2. The van der Waals surface area contributed by atoms with Crippen LogP contribution in [-0.4, -0.2) is 94.3 Å². The Morgan fingerprint density at radius 1 is 0.906 bits per heavy atom. The topological polar surface area (TPSA) is 175 Å². The first-order valence-corrected chi connectivity index (χ1v) is 18.1. The summed E-state index contributed by atoms with van der Waals surface area (Å²) in [5.41, 5.74) is 8.84. The number of carbonyl (C=O) groups excluding carboxylic acids is 6. The molecule has 0 saturated carbocycles. The molecule has 276 valence electrons. The van der Waals surface area contributed by atoms with Crippen molar-refractivity contribution < 1.29 is 28.8 Å². The minimum Gasteiger partial charge on any atom is -0.370 e. The smallest absolute Gasteiger partial charge is 0.268 e. The number of aromatic amines is 1. The fraction of sp³-hybridized carbons (Fsp3) is 0.366. The molecule has 2 aliphatic heterocycles. The van der Waals surface area contributed by atoms with Crippen molar-refractivity contribution in [2.24, 2.45) is 5.73 Å². The van der Waals surface area contributed by atoms with Gasteiger partial charge in [-0.1, -0.05) is 60.7 Å². The van der Waals surface area contributed by atoms with Crippen LogP contribution < -0.4 is 16.4 Å². The van der Waals surface area contributed by atoms with Crippen molar-refractivity contribution in [1.82, 2.24) is 25.4 Å². The number of ketones is 2. The Hall–Kier alpha value is -5.62. The Bertz CT molecular complexity index is 1960. The number of rotatable bonds is 13. The van der Waals surface area contributed by atoms with Gasteiger partial charge in [0.15, 0.2) is 11.6 Å². The Labute approximate surface area is 308 Å². The molecule has 3 aromatic carbocycles. The molecule has 2 saturated heterocycles. The van der Waals surface area contributed by atoms with E-state index in [1.807, 2.05) is 67.7 Å². The molecule has 53 heavy (non-hydrogen) atoms. The summed E-state index contributed by atoms with van der Waals surface area (Å²) in [4.78, 5) is 86.5. The molecule has 2 fully saturated rings. The molecule has 0 spiro atoms. The zero-order chi connectivity index (χ0) is 37.6. The van der Waals surface area contributed by atoms with Gasteiger partial charge in [-0.2, -0.15) is 0 Å². The Morgan fingerprint density at radius 3 is 2.23 bits per heavy atom. The molecule has 6 rings (SSSR count). The summed E-state index contributed by atoms with van der Waals surface area (Å²) in [6.45, 7) is 2.58. The van der Waals surface area contributed by atoms with Crippen LogP contribution in [0.15, 0.2) is 84.9 Å². The molecule has 0 unspecified atom stereocenters. The van der Waals surface area contributed by atoms with E-state index < -0.39 is 35.8 Å². The van der Waals surface area contributed by atoms with Crippen LogP contribution in [0.4, 0.5) is 0 Å². The van der Waals surface area contributed by atoms with Crippen molar-refractivity contribution in [2.45, 2.75) is 75.5 Å². The average Bonchev–Trinajstić information content (AvgIpc) is 3.77. The maximum Gasteiger partial charge on any atom is 0.268 e. The number of hydrogen-bond donors (Lipinski definition) is 4. The second kappa shape index (κ2) is 16.4. The highest BCUT2D eigenvalue weighted by Gasteiger charge is 2.45. The van der Waals surface area contributed by atoms with E-state index in [9.17, 15) is 28.8 Å². The molecule has 4 amide bonds. The molecule has 0 aliphatic carbocycles. The number of primary amides is 1. The number of carbonyl (C=O) groups is 6. The van der Waals surface area contributed by atoms with Crippen LogP contribution in [0, 0.1) is 0 Å². The van der Waals surface area contributed by atoms with E-state index in [0.29, 0.717) is 48.8 Å². The highest BCUT2D eigenvalue weighted by atomic mass is 16.2. The zero-order valence-corrected chi connectivity index (χ0v) is 30.0. The van der Waals surface area contributed by atoms with E-state index in [4.69, 9.17) is 5.73 Å². The molecule has 4 aromatic rings. The van der Waals surface area contributed by atoms with Crippen LogP contribution in [0.1, 0.15) is 83.3 Å². The molecule has 0 bridgehead atoms. The summed E-state index contributed by atoms with van der Waals surface area (Å²) < 4.78 is 0. The predicted octanol–water partition coefficient (Wildman–Crippen LogP) is 3.71. The third-order valence-electron chi connectivity index (χ3n) is 10.5. The van der Waals surface area contributed by atoms with E-state index in [1.54, 1.807) is 29.2 Å². The highest BCUT2D eigenvalue weighted by molar-refractivity contribution is 6.03. The summed E-state index contributed by atoms with van der Waals surface area (Å²) >= 11 is 0. The lowest BCUT2D eigenvalue weighted by Crippen LogP contribution is -2.60. The molecule has 12 heteroatoms. The van der Waals surface area contributed by atoms with Gasteiger partial charge in [-0.25, -0.2) is 0 Å². The van der Waals surface area contributed by atoms with E-state index in [1.165, 1.54) is 6.92 Å². The number of hydrogen-bond acceptors (Lipinski definition) is 7. The second-order valence-electron chi connectivity index (χ2n) is 14.2. The Morgan fingerprint density at radius 2 is 1.58 bits per heavy atom. The lowest BCUT2D eigenvalue weighted by atomic mass is 9.85. The van der Waals surface area contributed by atoms with Gasteiger partial charge in [0.05, 0.1) is 6.04 Å². The summed E-state index contributed by atoms with van der Waals surface area (Å²) in [7, 11) is 1.94. The van der Waals surface area contributed by atoms with Gasteiger partial charge in [-0.3, -0.25) is 28.8 Å². The summed E-state index contributed by atoms with van der Waals surface area (Å²) in [6, 6.07) is 23.0. The van der Waals surface area contributed by atoms with Gasteiger partial charge in [0.2, 0.25) is 17.7 Å². The van der Waals surface area contributed by atoms with Crippen molar-refractivity contribution in [1.29, 1.82) is 0 Å². The number of H-pyrrole nitrogens is 1. The van der Waals surface area contributed by atoms with Crippen LogP contribution in [0.5, 0.6) is 0 Å². The Kier molecular flexibility index (Phi) is 11.5. The molecule has 1 aromatic heterocycles. The van der Waals surface area contributed by atoms with E-state index >= 15 is 0 Å². The van der Waals surface area contributed by atoms with Gasteiger partial charge in [0, 0.05) is 54.4 Å². The first-order valence-electron chi connectivity index (χ1n) is 18.1. The minimum absolute atomic E-state index is 0.0279. The van der Waals surface area contributed by atoms with Gasteiger partial charge in [0.1, 0.15) is 17.8 Å². The standard InChI is InChI=1S/C41H46N6O6/c1-25(48)28-13-15-32-29(21-28)22-35(43-32)39(51)45-34-19-20-46(2)24-30-14-17-36(47(30)41(34)53)40(52)44-33(16-18-38(42)50)37(49)23-31(26-9-5-3-6-10-26)27-11-7-4-8-12-27/h3-13,15,21-22,30-31,33-34,36,43H,14,16-20,23-24H2,1-2H3,(H2,42,50)(H,44,52)(H,45,51)/t30-,33+,34+,36+/m1/s1. The van der Waals surface area contributed by atoms with Crippen LogP contribution in [0.3, 0.4) is 0 Å².